The smallest absolute Gasteiger partial charge is 0.0987 e. The van der Waals surface area contributed by atoms with Crippen LogP contribution in [0.1, 0.15) is 10.4 Å². The molecule has 0 aliphatic carbocycles. The fraction of sp³-hybridized carbons (Fsp3) is 0.286. The summed E-state index contributed by atoms with van der Waals surface area (Å²) >= 11 is 1.79. The van der Waals surface area contributed by atoms with E-state index in [-0.39, 0.29) is 0 Å². The third-order valence-electron chi connectivity index (χ3n) is 1.48. The summed E-state index contributed by atoms with van der Waals surface area (Å²) in [6.07, 6.45) is 1.76. The second-order valence-corrected chi connectivity index (χ2v) is 3.58. The largest absolute Gasteiger partial charge is 0.338 e. The molecule has 1 aliphatic rings. The van der Waals surface area contributed by atoms with Crippen LogP contribution in [0.3, 0.4) is 0 Å². The van der Waals surface area contributed by atoms with Crippen molar-refractivity contribution in [3.05, 3.63) is 16.5 Å². The highest BCUT2D eigenvalue weighted by molar-refractivity contribution is 7.16. The van der Waals surface area contributed by atoms with Gasteiger partial charge in [-0.3, -0.25) is 4.99 Å². The Morgan fingerprint density at radius 1 is 1.70 bits per heavy atom. The Kier molecular flexibility index (Phi) is 1.24. The predicted octanol–water partition coefficient (Wildman–Crippen LogP) is 2.01. The third kappa shape index (κ3) is 0.827. The lowest BCUT2D eigenvalue weighted by Gasteiger charge is -2.04. The molecule has 0 spiro atoms. The van der Waals surface area contributed by atoms with Gasteiger partial charge >= 0.3 is 0 Å². The van der Waals surface area contributed by atoms with Crippen LogP contribution in [0.15, 0.2) is 11.1 Å². The van der Waals surface area contributed by atoms with E-state index in [1.165, 1.54) is 15.4 Å². The molecule has 3 heteroatoms. The Bertz CT molecular complexity index is 250. The molecule has 0 unspecified atom stereocenters. The summed E-state index contributed by atoms with van der Waals surface area (Å²) in [5, 5.41) is 4.37. The van der Waals surface area contributed by atoms with Crippen molar-refractivity contribution in [2.45, 2.75) is 13.5 Å². The molecule has 0 atom stereocenters. The van der Waals surface area contributed by atoms with E-state index < -0.39 is 0 Å². The summed E-state index contributed by atoms with van der Waals surface area (Å²) in [5.41, 5.74) is 1.32. The zero-order chi connectivity index (χ0) is 6.97. The first-order valence-electron chi connectivity index (χ1n) is 3.20. The Hall–Kier alpha value is -0.830. The molecule has 0 fully saturated rings. The number of rotatable bonds is 0. The summed E-state index contributed by atoms with van der Waals surface area (Å²) in [5.74, 6) is 0. The lowest BCUT2D eigenvalue weighted by Crippen LogP contribution is -2.00. The zero-order valence-corrected chi connectivity index (χ0v) is 6.53. The average Bonchev–Trinajstić information content (AvgIpc) is 2.27. The molecule has 1 aromatic rings. The standard InChI is InChI=1S/C7H8N2S/c1-5-2-6-3-8-4-9-7(6)10-5/h2,4H,3H2,1H3,(H,8,9). The predicted molar refractivity (Wildman–Crippen MR) is 44.9 cm³/mol. The number of anilines is 1. The highest BCUT2D eigenvalue weighted by atomic mass is 32.1. The van der Waals surface area contributed by atoms with E-state index >= 15 is 0 Å². The van der Waals surface area contributed by atoms with Crippen molar-refractivity contribution < 1.29 is 0 Å². The lowest BCUT2D eigenvalue weighted by molar-refractivity contribution is 1.07. The van der Waals surface area contributed by atoms with E-state index in [1.54, 1.807) is 17.7 Å². The van der Waals surface area contributed by atoms with Crippen LogP contribution in [0.5, 0.6) is 0 Å². The first kappa shape index (κ1) is 5.92. The van der Waals surface area contributed by atoms with Crippen LogP contribution in [-0.4, -0.2) is 6.34 Å². The number of fused-ring (bicyclic) bond motifs is 1. The number of hydrogen-bond donors (Lipinski definition) is 1. The molecule has 0 bridgehead atoms. The molecule has 0 saturated carbocycles. The topological polar surface area (TPSA) is 24.4 Å². The van der Waals surface area contributed by atoms with Crippen LogP contribution in [0, 0.1) is 6.92 Å². The second-order valence-electron chi connectivity index (χ2n) is 2.33. The molecular weight excluding hydrogens is 144 g/mol. The van der Waals surface area contributed by atoms with Gasteiger partial charge in [0.25, 0.3) is 0 Å². The van der Waals surface area contributed by atoms with Crippen LogP contribution < -0.4 is 5.32 Å². The van der Waals surface area contributed by atoms with Crippen molar-refractivity contribution in [3.8, 4) is 0 Å². The van der Waals surface area contributed by atoms with Gasteiger partial charge in [-0.05, 0) is 13.0 Å². The van der Waals surface area contributed by atoms with Crippen LogP contribution in [0.2, 0.25) is 0 Å². The monoisotopic (exact) mass is 152 g/mol. The SMILES string of the molecule is Cc1cc2c(s1)NC=NC2. The number of aliphatic imine (C=N–C) groups is 1. The minimum atomic E-state index is 0.840. The van der Waals surface area contributed by atoms with Gasteiger partial charge in [0.15, 0.2) is 0 Å². The fourth-order valence-electron chi connectivity index (χ4n) is 1.05. The Morgan fingerprint density at radius 3 is 3.40 bits per heavy atom. The van der Waals surface area contributed by atoms with E-state index in [4.69, 9.17) is 0 Å². The van der Waals surface area contributed by atoms with E-state index in [2.05, 4.69) is 23.3 Å². The van der Waals surface area contributed by atoms with Gasteiger partial charge in [0.2, 0.25) is 0 Å². The molecule has 1 aromatic heterocycles. The molecule has 0 saturated heterocycles. The Morgan fingerprint density at radius 2 is 2.60 bits per heavy atom. The second kappa shape index (κ2) is 2.09. The molecule has 2 heterocycles. The van der Waals surface area contributed by atoms with E-state index in [1.807, 2.05) is 0 Å². The minimum absolute atomic E-state index is 0.840. The van der Waals surface area contributed by atoms with Crippen LogP contribution >= 0.6 is 11.3 Å². The molecular formula is C7H8N2S. The van der Waals surface area contributed by atoms with Crippen molar-refractivity contribution >= 4 is 22.7 Å². The lowest BCUT2D eigenvalue weighted by atomic mass is 10.3. The molecule has 0 radical (unpaired) electrons. The maximum Gasteiger partial charge on any atom is 0.0987 e. The van der Waals surface area contributed by atoms with Crippen LogP contribution in [-0.2, 0) is 6.54 Å². The molecule has 52 valence electrons. The summed E-state index contributed by atoms with van der Waals surface area (Å²) in [6.45, 7) is 2.96. The van der Waals surface area contributed by atoms with Gasteiger partial charge in [-0.25, -0.2) is 0 Å². The number of thiophene rings is 1. The highest BCUT2D eigenvalue weighted by Gasteiger charge is 2.07. The molecule has 2 nitrogen and oxygen atoms in total. The first-order valence-corrected chi connectivity index (χ1v) is 4.02. The maximum absolute atomic E-state index is 4.10. The van der Waals surface area contributed by atoms with Crippen molar-refractivity contribution in [2.24, 2.45) is 4.99 Å². The van der Waals surface area contributed by atoms with E-state index in [0.717, 1.165) is 6.54 Å². The van der Waals surface area contributed by atoms with Crippen LogP contribution in [0.25, 0.3) is 0 Å². The third-order valence-corrected chi connectivity index (χ3v) is 2.50. The van der Waals surface area contributed by atoms with Gasteiger partial charge in [-0.15, -0.1) is 11.3 Å². The van der Waals surface area contributed by atoms with Gasteiger partial charge in [-0.2, -0.15) is 0 Å². The summed E-state index contributed by atoms with van der Waals surface area (Å²) in [6, 6.07) is 2.18. The molecule has 10 heavy (non-hydrogen) atoms. The number of nitrogens with zero attached hydrogens (tertiary/aromatic N) is 1. The average molecular weight is 152 g/mol. The van der Waals surface area contributed by atoms with Gasteiger partial charge in [0.1, 0.15) is 0 Å². The highest BCUT2D eigenvalue weighted by Crippen LogP contribution is 2.28. The molecule has 2 rings (SSSR count). The number of hydrogen-bond acceptors (Lipinski definition) is 3. The van der Waals surface area contributed by atoms with Gasteiger partial charge in [0, 0.05) is 10.4 Å². The molecule has 1 aliphatic heterocycles. The molecule has 0 aromatic carbocycles. The molecule has 0 amide bonds. The number of aryl methyl sites for hydroxylation is 1. The van der Waals surface area contributed by atoms with Crippen molar-refractivity contribution in [1.29, 1.82) is 0 Å². The Balaban J connectivity index is 2.46. The first-order chi connectivity index (χ1) is 4.86. The fourth-order valence-corrected chi connectivity index (χ4v) is 1.94. The van der Waals surface area contributed by atoms with E-state index in [9.17, 15) is 0 Å². The van der Waals surface area contributed by atoms with E-state index in [0.29, 0.717) is 0 Å². The zero-order valence-electron chi connectivity index (χ0n) is 5.72. The van der Waals surface area contributed by atoms with Crippen molar-refractivity contribution in [1.82, 2.24) is 0 Å². The van der Waals surface area contributed by atoms with Gasteiger partial charge < -0.3 is 5.32 Å². The maximum atomic E-state index is 4.10. The van der Waals surface area contributed by atoms with Crippen molar-refractivity contribution in [2.75, 3.05) is 5.32 Å². The van der Waals surface area contributed by atoms with Crippen molar-refractivity contribution in [3.63, 3.8) is 0 Å². The minimum Gasteiger partial charge on any atom is -0.338 e. The summed E-state index contributed by atoms with van der Waals surface area (Å²) < 4.78 is 0. The normalized spacial score (nSPS) is 14.5. The Labute approximate surface area is 63.6 Å². The van der Waals surface area contributed by atoms with Gasteiger partial charge in [-0.1, -0.05) is 0 Å². The summed E-state index contributed by atoms with van der Waals surface area (Å²) in [4.78, 5) is 5.45. The van der Waals surface area contributed by atoms with Crippen LogP contribution in [0.4, 0.5) is 5.00 Å². The number of nitrogens with one attached hydrogen (secondary N) is 1. The summed E-state index contributed by atoms with van der Waals surface area (Å²) in [7, 11) is 0. The quantitative estimate of drug-likeness (QED) is 0.604. The molecule has 1 N–H and O–H groups in total. The van der Waals surface area contributed by atoms with Gasteiger partial charge in [0.05, 0.1) is 17.9 Å².